The van der Waals surface area contributed by atoms with Crippen molar-refractivity contribution < 1.29 is 9.32 Å². The monoisotopic (exact) mass is 351 g/mol. The summed E-state index contributed by atoms with van der Waals surface area (Å²) < 4.78 is 5.28. The number of nitrogens with one attached hydrogen (secondary N) is 1. The number of para-hydroxylation sites is 1. The second-order valence-electron chi connectivity index (χ2n) is 6.12. The zero-order valence-corrected chi connectivity index (χ0v) is 15.0. The number of pyridine rings is 1. The van der Waals surface area contributed by atoms with E-state index in [0.29, 0.717) is 24.0 Å². The summed E-state index contributed by atoms with van der Waals surface area (Å²) >= 11 is 0. The fourth-order valence-corrected chi connectivity index (χ4v) is 2.42. The van der Waals surface area contributed by atoms with Crippen molar-refractivity contribution in [1.82, 2.24) is 20.0 Å². The van der Waals surface area contributed by atoms with Gasteiger partial charge >= 0.3 is 0 Å². The second kappa shape index (κ2) is 7.88. The van der Waals surface area contributed by atoms with Crippen LogP contribution in [0.2, 0.25) is 0 Å². The average Bonchev–Trinajstić information content (AvgIpc) is 3.12. The lowest BCUT2D eigenvalue weighted by Crippen LogP contribution is -2.39. The number of aromatic nitrogens is 3. The van der Waals surface area contributed by atoms with E-state index in [2.05, 4.69) is 20.4 Å². The lowest BCUT2D eigenvalue weighted by molar-refractivity contribution is -0.120. The van der Waals surface area contributed by atoms with Gasteiger partial charge in [-0.3, -0.25) is 14.7 Å². The Bertz CT molecular complexity index is 878. The molecule has 26 heavy (non-hydrogen) atoms. The first-order chi connectivity index (χ1) is 12.5. The molecular formula is C19H21N5O2. The van der Waals surface area contributed by atoms with Crippen LogP contribution in [0.15, 0.2) is 53.2 Å². The largest absolute Gasteiger partial charge is 0.337 e. The molecule has 1 atom stereocenters. The van der Waals surface area contributed by atoms with Gasteiger partial charge < -0.3 is 9.84 Å². The normalized spacial score (nSPS) is 12.2. The smallest absolute Gasteiger partial charge is 0.241 e. The predicted molar refractivity (Wildman–Crippen MR) is 98.3 cm³/mol. The van der Waals surface area contributed by atoms with Crippen LogP contribution in [-0.2, 0) is 11.3 Å². The van der Waals surface area contributed by atoms with Crippen molar-refractivity contribution in [2.75, 3.05) is 12.4 Å². The lowest BCUT2D eigenvalue weighted by atomic mass is 10.2. The number of carbonyl (C=O) groups excluding carboxylic acids is 1. The van der Waals surface area contributed by atoms with Crippen LogP contribution in [-0.4, -0.2) is 39.0 Å². The van der Waals surface area contributed by atoms with Gasteiger partial charge in [0.1, 0.15) is 5.69 Å². The number of aryl methyl sites for hydroxylation is 1. The number of likely N-dealkylation sites (N-methyl/N-ethyl adjacent to an activating group) is 1. The van der Waals surface area contributed by atoms with Crippen molar-refractivity contribution in [3.05, 3.63) is 60.1 Å². The molecule has 0 spiro atoms. The van der Waals surface area contributed by atoms with Gasteiger partial charge in [0.25, 0.3) is 0 Å². The molecule has 7 heteroatoms. The van der Waals surface area contributed by atoms with Gasteiger partial charge in [-0.05, 0) is 44.7 Å². The predicted octanol–water partition coefficient (Wildman–Crippen LogP) is 2.90. The zero-order valence-electron chi connectivity index (χ0n) is 15.0. The molecule has 7 nitrogen and oxygen atoms in total. The molecule has 1 aromatic carbocycles. The standard InChI is InChI=1S/C19H21N5O2/c1-13-8-4-5-9-15(13)21-19(25)14(2)24(3)12-17-22-18(23-26-17)16-10-6-7-11-20-16/h4-11,14H,12H2,1-3H3,(H,21,25). The van der Waals surface area contributed by atoms with E-state index in [1.54, 1.807) is 6.20 Å². The molecule has 0 aliphatic heterocycles. The van der Waals surface area contributed by atoms with Crippen molar-refractivity contribution in [1.29, 1.82) is 0 Å². The van der Waals surface area contributed by atoms with Crippen LogP contribution in [0, 0.1) is 6.92 Å². The van der Waals surface area contributed by atoms with E-state index in [9.17, 15) is 4.79 Å². The summed E-state index contributed by atoms with van der Waals surface area (Å²) in [6.45, 7) is 4.16. The van der Waals surface area contributed by atoms with Gasteiger partial charge in [-0.25, -0.2) is 0 Å². The fraction of sp³-hybridized carbons (Fsp3) is 0.263. The molecular weight excluding hydrogens is 330 g/mol. The van der Waals surface area contributed by atoms with Gasteiger partial charge in [0.2, 0.25) is 17.6 Å². The number of amides is 1. The summed E-state index contributed by atoms with van der Waals surface area (Å²) in [5.41, 5.74) is 2.48. The Morgan fingerprint density at radius 3 is 2.73 bits per heavy atom. The van der Waals surface area contributed by atoms with Crippen LogP contribution in [0.3, 0.4) is 0 Å². The fourth-order valence-electron chi connectivity index (χ4n) is 2.42. The molecule has 0 bridgehead atoms. The molecule has 0 radical (unpaired) electrons. The number of hydrogen-bond donors (Lipinski definition) is 1. The first-order valence-corrected chi connectivity index (χ1v) is 8.35. The van der Waals surface area contributed by atoms with Gasteiger partial charge in [-0.1, -0.05) is 29.4 Å². The molecule has 1 N–H and O–H groups in total. The maximum atomic E-state index is 12.5. The van der Waals surface area contributed by atoms with Crippen LogP contribution in [0.4, 0.5) is 5.69 Å². The van der Waals surface area contributed by atoms with Crippen LogP contribution >= 0.6 is 0 Å². The van der Waals surface area contributed by atoms with Gasteiger partial charge in [0.05, 0.1) is 12.6 Å². The SMILES string of the molecule is Cc1ccccc1NC(=O)C(C)N(C)Cc1nc(-c2ccccn2)no1. The van der Waals surface area contributed by atoms with E-state index >= 15 is 0 Å². The molecule has 3 aromatic rings. The van der Waals surface area contributed by atoms with Gasteiger partial charge in [-0.15, -0.1) is 0 Å². The van der Waals surface area contributed by atoms with Crippen molar-refractivity contribution in [3.63, 3.8) is 0 Å². The van der Waals surface area contributed by atoms with Crippen molar-refractivity contribution >= 4 is 11.6 Å². The number of anilines is 1. The molecule has 0 aliphatic carbocycles. The van der Waals surface area contributed by atoms with Crippen molar-refractivity contribution in [2.45, 2.75) is 26.4 Å². The Hall–Kier alpha value is -3.06. The Morgan fingerprint density at radius 1 is 1.23 bits per heavy atom. The number of hydrogen-bond acceptors (Lipinski definition) is 6. The van der Waals surface area contributed by atoms with E-state index < -0.39 is 0 Å². The average molecular weight is 351 g/mol. The highest BCUT2D eigenvalue weighted by molar-refractivity contribution is 5.95. The van der Waals surface area contributed by atoms with Gasteiger partial charge in [-0.2, -0.15) is 4.98 Å². The molecule has 0 fully saturated rings. The third kappa shape index (κ3) is 4.12. The van der Waals surface area contributed by atoms with E-state index in [-0.39, 0.29) is 11.9 Å². The summed E-state index contributed by atoms with van der Waals surface area (Å²) in [4.78, 5) is 22.9. The highest BCUT2D eigenvalue weighted by Gasteiger charge is 2.21. The van der Waals surface area contributed by atoms with E-state index in [4.69, 9.17) is 4.52 Å². The molecule has 0 saturated heterocycles. The third-order valence-electron chi connectivity index (χ3n) is 4.19. The number of benzene rings is 1. The second-order valence-corrected chi connectivity index (χ2v) is 6.12. The van der Waals surface area contributed by atoms with E-state index in [1.165, 1.54) is 0 Å². The molecule has 2 aromatic heterocycles. The maximum absolute atomic E-state index is 12.5. The number of carbonyl (C=O) groups is 1. The topological polar surface area (TPSA) is 84.2 Å². The Morgan fingerprint density at radius 2 is 2.00 bits per heavy atom. The maximum Gasteiger partial charge on any atom is 0.241 e. The summed E-state index contributed by atoms with van der Waals surface area (Å²) in [6, 6.07) is 12.8. The minimum absolute atomic E-state index is 0.0914. The zero-order chi connectivity index (χ0) is 18.5. The highest BCUT2D eigenvalue weighted by Crippen LogP contribution is 2.16. The van der Waals surface area contributed by atoms with Crippen LogP contribution in [0.5, 0.6) is 0 Å². The first-order valence-electron chi connectivity index (χ1n) is 8.35. The van der Waals surface area contributed by atoms with Gasteiger partial charge in [0.15, 0.2) is 0 Å². The van der Waals surface area contributed by atoms with Gasteiger partial charge in [0, 0.05) is 11.9 Å². The van der Waals surface area contributed by atoms with E-state index in [1.807, 2.05) is 68.3 Å². The summed E-state index contributed by atoms with van der Waals surface area (Å²) in [5.74, 6) is 0.779. The summed E-state index contributed by atoms with van der Waals surface area (Å²) in [6.07, 6.45) is 1.68. The molecule has 1 amide bonds. The lowest BCUT2D eigenvalue weighted by Gasteiger charge is -2.22. The molecule has 0 saturated carbocycles. The number of nitrogens with zero attached hydrogens (tertiary/aromatic N) is 4. The van der Waals surface area contributed by atoms with Crippen LogP contribution in [0.25, 0.3) is 11.5 Å². The molecule has 2 heterocycles. The summed E-state index contributed by atoms with van der Waals surface area (Å²) in [5, 5.41) is 6.90. The highest BCUT2D eigenvalue weighted by atomic mass is 16.5. The summed E-state index contributed by atoms with van der Waals surface area (Å²) in [7, 11) is 1.84. The number of rotatable bonds is 6. The van der Waals surface area contributed by atoms with Crippen molar-refractivity contribution in [2.24, 2.45) is 0 Å². The molecule has 0 aliphatic rings. The Kier molecular flexibility index (Phi) is 5.38. The molecule has 3 rings (SSSR count). The van der Waals surface area contributed by atoms with Crippen molar-refractivity contribution in [3.8, 4) is 11.5 Å². The molecule has 1 unspecified atom stereocenters. The third-order valence-corrected chi connectivity index (χ3v) is 4.19. The molecule has 134 valence electrons. The Labute approximate surface area is 152 Å². The van der Waals surface area contributed by atoms with Crippen LogP contribution < -0.4 is 5.32 Å². The van der Waals surface area contributed by atoms with Crippen LogP contribution in [0.1, 0.15) is 18.4 Å². The Balaban J connectivity index is 1.62. The minimum atomic E-state index is -0.361. The van der Waals surface area contributed by atoms with E-state index in [0.717, 1.165) is 11.3 Å². The minimum Gasteiger partial charge on any atom is -0.337 e. The quantitative estimate of drug-likeness (QED) is 0.735. The first kappa shape index (κ1) is 17.8.